The van der Waals surface area contributed by atoms with Gasteiger partial charge in [-0.1, -0.05) is 0 Å². The van der Waals surface area contributed by atoms with E-state index in [1.807, 2.05) is 0 Å². The summed E-state index contributed by atoms with van der Waals surface area (Å²) in [5, 5.41) is 8.60. The molecule has 0 aliphatic carbocycles. The molecule has 0 bridgehead atoms. The Kier molecular flexibility index (Phi) is 4.38. The fourth-order valence-corrected chi connectivity index (χ4v) is 0.732. The Hall–Kier alpha value is -0.590. The van der Waals surface area contributed by atoms with Crippen molar-refractivity contribution in [3.05, 3.63) is 0 Å². The van der Waals surface area contributed by atoms with E-state index in [2.05, 4.69) is 4.52 Å². The summed E-state index contributed by atoms with van der Waals surface area (Å²) in [4.78, 5) is 37.6. The highest BCUT2D eigenvalue weighted by Crippen LogP contribution is 2.35. The van der Waals surface area contributed by atoms with Crippen LogP contribution in [0.15, 0.2) is 0 Å². The number of hydrogen-bond donors (Lipinski definition) is 3. The molecule has 1 atom stereocenters. The normalized spacial score (nSPS) is 13.8. The number of carbonyl (C=O) groups excluding carboxylic acids is 2. The van der Waals surface area contributed by atoms with Gasteiger partial charge in [-0.25, -0.2) is 4.57 Å². The predicted octanol–water partition coefficient (Wildman–Crippen LogP) is -1.39. The third kappa shape index (κ3) is 5.62. The fraction of sp³-hybridized carbons (Fsp3) is 0.600. The van der Waals surface area contributed by atoms with Crippen molar-refractivity contribution in [2.75, 3.05) is 6.61 Å². The SMILES string of the molecule is CC(O)C(=O)C(=O)COP(=O)(O)O. The average Bonchev–Trinajstić information content (AvgIpc) is 1.97. The van der Waals surface area contributed by atoms with Crippen molar-refractivity contribution in [1.29, 1.82) is 0 Å². The predicted molar refractivity (Wildman–Crippen MR) is 39.7 cm³/mol. The zero-order valence-corrected chi connectivity index (χ0v) is 7.60. The highest BCUT2D eigenvalue weighted by atomic mass is 31.2. The molecular formula is C5H9O7P. The minimum absolute atomic E-state index is 1.03. The average molecular weight is 212 g/mol. The topological polar surface area (TPSA) is 121 Å². The van der Waals surface area contributed by atoms with Crippen LogP contribution in [0, 0.1) is 0 Å². The number of aliphatic hydroxyl groups excluding tert-OH is 1. The summed E-state index contributed by atoms with van der Waals surface area (Å²) in [7, 11) is -4.74. The van der Waals surface area contributed by atoms with Crippen LogP contribution in [0.4, 0.5) is 0 Å². The monoisotopic (exact) mass is 212 g/mol. The van der Waals surface area contributed by atoms with Gasteiger partial charge in [-0.15, -0.1) is 0 Å². The van der Waals surface area contributed by atoms with Crippen LogP contribution in [0.5, 0.6) is 0 Å². The molecule has 0 aromatic carbocycles. The third-order valence-electron chi connectivity index (χ3n) is 1.02. The quantitative estimate of drug-likeness (QED) is 0.379. The molecule has 76 valence electrons. The van der Waals surface area contributed by atoms with Gasteiger partial charge >= 0.3 is 7.82 Å². The summed E-state index contributed by atoms with van der Waals surface area (Å²) in [6.07, 6.45) is -1.49. The Morgan fingerprint density at radius 2 is 1.92 bits per heavy atom. The van der Waals surface area contributed by atoms with Crippen molar-refractivity contribution in [3.8, 4) is 0 Å². The first-order valence-electron chi connectivity index (χ1n) is 3.19. The van der Waals surface area contributed by atoms with Gasteiger partial charge in [0, 0.05) is 0 Å². The molecule has 8 heteroatoms. The van der Waals surface area contributed by atoms with Crippen molar-refractivity contribution < 1.29 is 33.6 Å². The van der Waals surface area contributed by atoms with Crippen LogP contribution in [-0.2, 0) is 18.7 Å². The van der Waals surface area contributed by atoms with E-state index in [-0.39, 0.29) is 0 Å². The second-order valence-corrected chi connectivity index (χ2v) is 3.47. The molecule has 0 radical (unpaired) electrons. The molecule has 7 nitrogen and oxygen atoms in total. The van der Waals surface area contributed by atoms with E-state index in [1.165, 1.54) is 0 Å². The van der Waals surface area contributed by atoms with Crippen molar-refractivity contribution in [3.63, 3.8) is 0 Å². The third-order valence-corrected chi connectivity index (χ3v) is 1.48. The number of phosphoric acid groups is 1. The van der Waals surface area contributed by atoms with Gasteiger partial charge < -0.3 is 14.9 Å². The maximum Gasteiger partial charge on any atom is 0.470 e. The lowest BCUT2D eigenvalue weighted by Crippen LogP contribution is -2.28. The standard InChI is InChI=1S/C5H9O7P/c1-3(6)5(8)4(7)2-12-13(9,10)11/h3,6H,2H2,1H3,(H2,9,10,11). The van der Waals surface area contributed by atoms with E-state index >= 15 is 0 Å². The van der Waals surface area contributed by atoms with E-state index in [0.717, 1.165) is 6.92 Å². The van der Waals surface area contributed by atoms with Crippen LogP contribution in [0.25, 0.3) is 0 Å². The Morgan fingerprint density at radius 1 is 1.46 bits per heavy atom. The van der Waals surface area contributed by atoms with Gasteiger partial charge in [0.05, 0.1) is 0 Å². The molecule has 3 N–H and O–H groups in total. The molecule has 0 aliphatic heterocycles. The lowest BCUT2D eigenvalue weighted by molar-refractivity contribution is -0.142. The first-order chi connectivity index (χ1) is 5.74. The molecule has 0 aromatic heterocycles. The van der Waals surface area contributed by atoms with E-state index in [1.54, 1.807) is 0 Å². The first-order valence-corrected chi connectivity index (χ1v) is 4.72. The molecule has 1 unspecified atom stereocenters. The summed E-state index contributed by atoms with van der Waals surface area (Å²) in [5.74, 6) is -2.33. The second kappa shape index (κ2) is 4.59. The minimum atomic E-state index is -4.74. The van der Waals surface area contributed by atoms with Crippen molar-refractivity contribution >= 4 is 19.4 Å². The zero-order valence-electron chi connectivity index (χ0n) is 6.71. The van der Waals surface area contributed by atoms with Crippen molar-refractivity contribution in [1.82, 2.24) is 0 Å². The summed E-state index contributed by atoms with van der Waals surface area (Å²) in [6.45, 7) is 0.0335. The fourth-order valence-electron chi connectivity index (χ4n) is 0.447. The van der Waals surface area contributed by atoms with Gasteiger partial charge in [0.1, 0.15) is 12.7 Å². The second-order valence-electron chi connectivity index (χ2n) is 2.23. The Balaban J connectivity index is 4.04. The highest BCUT2D eigenvalue weighted by molar-refractivity contribution is 7.46. The van der Waals surface area contributed by atoms with Gasteiger partial charge in [0.25, 0.3) is 0 Å². The molecule has 0 heterocycles. The number of phosphoric ester groups is 1. The highest BCUT2D eigenvalue weighted by Gasteiger charge is 2.23. The molecule has 0 aromatic rings. The van der Waals surface area contributed by atoms with E-state index in [9.17, 15) is 14.2 Å². The number of Topliss-reactive ketones (excluding diaryl/α,β-unsaturated/α-hetero) is 2. The summed E-state index contributed by atoms with van der Waals surface area (Å²) < 4.78 is 13.8. The van der Waals surface area contributed by atoms with Crippen LogP contribution in [-0.4, -0.2) is 39.2 Å². The maximum atomic E-state index is 10.7. The van der Waals surface area contributed by atoms with Gasteiger partial charge in [0.15, 0.2) is 0 Å². The molecule has 0 saturated heterocycles. The Labute approximate surface area is 73.6 Å². The van der Waals surface area contributed by atoms with Gasteiger partial charge in [0.2, 0.25) is 11.6 Å². The summed E-state index contributed by atoms with van der Waals surface area (Å²) in [5.41, 5.74) is 0. The molecule has 0 spiro atoms. The smallest absolute Gasteiger partial charge is 0.385 e. The minimum Gasteiger partial charge on any atom is -0.385 e. The molecule has 0 aliphatic rings. The van der Waals surface area contributed by atoms with E-state index in [4.69, 9.17) is 14.9 Å². The summed E-state index contributed by atoms with van der Waals surface area (Å²) in [6, 6.07) is 0. The Bertz CT molecular complexity index is 252. The van der Waals surface area contributed by atoms with Gasteiger partial charge in [-0.2, -0.15) is 0 Å². The largest absolute Gasteiger partial charge is 0.470 e. The lowest BCUT2D eigenvalue weighted by atomic mass is 10.2. The molecule has 0 rings (SSSR count). The zero-order chi connectivity index (χ0) is 10.6. The van der Waals surface area contributed by atoms with Crippen LogP contribution < -0.4 is 0 Å². The Morgan fingerprint density at radius 3 is 2.23 bits per heavy atom. The van der Waals surface area contributed by atoms with Gasteiger partial charge in [-0.05, 0) is 6.92 Å². The summed E-state index contributed by atoms with van der Waals surface area (Å²) >= 11 is 0. The van der Waals surface area contributed by atoms with Crippen molar-refractivity contribution in [2.24, 2.45) is 0 Å². The van der Waals surface area contributed by atoms with Gasteiger partial charge in [-0.3, -0.25) is 14.1 Å². The number of hydrogen-bond acceptors (Lipinski definition) is 5. The number of carbonyl (C=O) groups is 2. The molecule has 0 saturated carbocycles. The van der Waals surface area contributed by atoms with Crippen molar-refractivity contribution in [2.45, 2.75) is 13.0 Å². The van der Waals surface area contributed by atoms with Crippen LogP contribution in [0.3, 0.4) is 0 Å². The van der Waals surface area contributed by atoms with Crippen LogP contribution in [0.2, 0.25) is 0 Å². The lowest BCUT2D eigenvalue weighted by Gasteiger charge is -2.04. The first kappa shape index (κ1) is 12.4. The number of rotatable bonds is 5. The molecule has 0 amide bonds. The van der Waals surface area contributed by atoms with Crippen LogP contribution in [0.1, 0.15) is 6.92 Å². The molecule has 0 fully saturated rings. The molecular weight excluding hydrogens is 203 g/mol. The number of aliphatic hydroxyl groups is 1. The number of ketones is 2. The van der Waals surface area contributed by atoms with Crippen LogP contribution >= 0.6 is 7.82 Å². The molecule has 13 heavy (non-hydrogen) atoms. The van der Waals surface area contributed by atoms with E-state index in [0.29, 0.717) is 0 Å². The maximum absolute atomic E-state index is 10.7. The van der Waals surface area contributed by atoms with E-state index < -0.39 is 32.1 Å².